The van der Waals surface area contributed by atoms with Gasteiger partial charge in [-0.15, -0.1) is 0 Å². The number of amides is 2. The Morgan fingerprint density at radius 3 is 2.32 bits per heavy atom. The number of benzene rings is 3. The van der Waals surface area contributed by atoms with E-state index < -0.39 is 18.5 Å². The number of rotatable bonds is 11. The van der Waals surface area contributed by atoms with Crippen molar-refractivity contribution in [2.45, 2.75) is 52.9 Å². The predicted octanol–water partition coefficient (Wildman–Crippen LogP) is 7.14. The summed E-state index contributed by atoms with van der Waals surface area (Å²) in [6.07, 6.45) is 0.544. The molecule has 7 nitrogen and oxygen atoms in total. The number of hydrogen-bond donors (Lipinski definition) is 2. The van der Waals surface area contributed by atoms with Crippen molar-refractivity contribution in [1.29, 1.82) is 0 Å². The summed E-state index contributed by atoms with van der Waals surface area (Å²) in [5, 5.41) is 5.50. The molecule has 2 amide bonds. The van der Waals surface area contributed by atoms with Crippen LogP contribution in [-0.2, 0) is 25.5 Å². The number of anilines is 2. The Labute approximate surface area is 232 Å². The van der Waals surface area contributed by atoms with E-state index in [2.05, 4.69) is 52.5 Å². The molecule has 0 atom stereocenters. The van der Waals surface area contributed by atoms with Crippen molar-refractivity contribution in [3.8, 4) is 11.5 Å². The lowest BCUT2D eigenvalue weighted by atomic mass is 10.0. The summed E-state index contributed by atoms with van der Waals surface area (Å²) in [6, 6.07) is 18.7. The molecular weight excluding hydrogens is 548 g/mol. The van der Waals surface area contributed by atoms with Crippen molar-refractivity contribution >= 4 is 45.1 Å². The lowest BCUT2D eigenvalue weighted by molar-refractivity contribution is -0.147. The van der Waals surface area contributed by atoms with Gasteiger partial charge in [0.1, 0.15) is 11.5 Å². The van der Waals surface area contributed by atoms with Crippen molar-refractivity contribution in [1.82, 2.24) is 0 Å². The van der Waals surface area contributed by atoms with Crippen LogP contribution >= 0.6 is 15.9 Å². The zero-order valence-corrected chi connectivity index (χ0v) is 23.7. The highest BCUT2D eigenvalue weighted by atomic mass is 79.9. The number of halogens is 1. The third-order valence-electron chi connectivity index (χ3n) is 5.80. The molecule has 8 heteroatoms. The van der Waals surface area contributed by atoms with E-state index in [1.807, 2.05) is 32.0 Å². The molecule has 3 aromatic rings. The van der Waals surface area contributed by atoms with Gasteiger partial charge in [0.15, 0.2) is 6.61 Å². The fraction of sp³-hybridized carbons (Fsp3) is 0.300. The van der Waals surface area contributed by atoms with E-state index in [4.69, 9.17) is 9.47 Å². The zero-order chi connectivity index (χ0) is 27.7. The standard InChI is InChI=1S/C30H33BrN2O5/c1-5-21-17-22(31)7-13-26(21)33-29(35)18-37-30(36)15-14-28(34)32-23-8-10-24(11-9-23)38-27-16-20(4)6-12-25(27)19(2)3/h6-13,16-17,19H,5,14-15,18H2,1-4H3,(H,32,34)(H,33,35). The van der Waals surface area contributed by atoms with E-state index in [9.17, 15) is 14.4 Å². The third kappa shape index (κ3) is 8.73. The van der Waals surface area contributed by atoms with Gasteiger partial charge in [0.25, 0.3) is 5.91 Å². The smallest absolute Gasteiger partial charge is 0.306 e. The Morgan fingerprint density at radius 2 is 1.63 bits per heavy atom. The van der Waals surface area contributed by atoms with Crippen LogP contribution in [0.4, 0.5) is 11.4 Å². The fourth-order valence-electron chi connectivity index (χ4n) is 3.76. The first-order chi connectivity index (χ1) is 18.1. The fourth-order valence-corrected chi connectivity index (χ4v) is 4.17. The van der Waals surface area contributed by atoms with E-state index in [0.717, 1.165) is 33.3 Å². The number of nitrogens with one attached hydrogen (secondary N) is 2. The summed E-state index contributed by atoms with van der Waals surface area (Å²) in [5.74, 6) is 0.408. The Morgan fingerprint density at radius 1 is 0.895 bits per heavy atom. The largest absolute Gasteiger partial charge is 0.457 e. The number of aryl methyl sites for hydroxylation is 2. The molecule has 0 fully saturated rings. The predicted molar refractivity (Wildman–Crippen MR) is 153 cm³/mol. The van der Waals surface area contributed by atoms with Gasteiger partial charge in [-0.1, -0.05) is 48.8 Å². The van der Waals surface area contributed by atoms with Crippen molar-refractivity contribution < 1.29 is 23.9 Å². The molecule has 0 bridgehead atoms. The highest BCUT2D eigenvalue weighted by molar-refractivity contribution is 9.10. The van der Waals surface area contributed by atoms with Gasteiger partial charge in [-0.05, 0) is 84.5 Å². The van der Waals surface area contributed by atoms with Crippen LogP contribution < -0.4 is 15.4 Å². The van der Waals surface area contributed by atoms with Gasteiger partial charge in [0, 0.05) is 22.3 Å². The second kappa shape index (κ2) is 13.8. The van der Waals surface area contributed by atoms with Crippen LogP contribution in [0, 0.1) is 6.92 Å². The molecule has 0 saturated heterocycles. The Kier molecular flexibility index (Phi) is 10.5. The Hall–Kier alpha value is -3.65. The quantitative estimate of drug-likeness (QED) is 0.235. The third-order valence-corrected chi connectivity index (χ3v) is 6.29. The van der Waals surface area contributed by atoms with Gasteiger partial charge < -0.3 is 20.1 Å². The minimum Gasteiger partial charge on any atom is -0.457 e. The lowest BCUT2D eigenvalue weighted by Gasteiger charge is -2.15. The molecule has 0 unspecified atom stereocenters. The van der Waals surface area contributed by atoms with E-state index in [1.54, 1.807) is 30.3 Å². The molecule has 0 saturated carbocycles. The molecule has 0 radical (unpaired) electrons. The van der Waals surface area contributed by atoms with Crippen LogP contribution in [0.25, 0.3) is 0 Å². The van der Waals surface area contributed by atoms with Gasteiger partial charge >= 0.3 is 5.97 Å². The summed E-state index contributed by atoms with van der Waals surface area (Å²) >= 11 is 3.41. The summed E-state index contributed by atoms with van der Waals surface area (Å²) in [5.41, 5.74) is 4.46. The lowest BCUT2D eigenvalue weighted by Crippen LogP contribution is -2.22. The molecule has 38 heavy (non-hydrogen) atoms. The average molecular weight is 582 g/mol. The van der Waals surface area contributed by atoms with Gasteiger partial charge in [0.05, 0.1) is 6.42 Å². The van der Waals surface area contributed by atoms with E-state index >= 15 is 0 Å². The first kappa shape index (κ1) is 28.9. The van der Waals surface area contributed by atoms with Gasteiger partial charge in [-0.2, -0.15) is 0 Å². The van der Waals surface area contributed by atoms with Crippen molar-refractivity contribution in [3.05, 3.63) is 81.8 Å². The molecule has 200 valence electrons. The van der Waals surface area contributed by atoms with Crippen LogP contribution in [0.15, 0.2) is 65.1 Å². The molecule has 0 spiro atoms. The Bertz CT molecular complexity index is 1290. The average Bonchev–Trinajstić information content (AvgIpc) is 2.88. The van der Waals surface area contributed by atoms with Crippen LogP contribution in [0.3, 0.4) is 0 Å². The van der Waals surface area contributed by atoms with Crippen molar-refractivity contribution in [2.24, 2.45) is 0 Å². The second-order valence-corrected chi connectivity index (χ2v) is 10.2. The molecule has 3 aromatic carbocycles. The summed E-state index contributed by atoms with van der Waals surface area (Å²) in [6.45, 7) is 7.82. The molecule has 0 aromatic heterocycles. The van der Waals surface area contributed by atoms with Crippen LogP contribution in [0.5, 0.6) is 11.5 Å². The van der Waals surface area contributed by atoms with Crippen LogP contribution in [0.1, 0.15) is 56.2 Å². The van der Waals surface area contributed by atoms with Crippen molar-refractivity contribution in [2.75, 3.05) is 17.2 Å². The Balaban J connectivity index is 1.43. The molecule has 0 aliphatic rings. The number of carbonyl (C=O) groups excluding carboxylic acids is 3. The molecule has 0 aliphatic carbocycles. The molecule has 0 heterocycles. The van der Waals surface area contributed by atoms with Crippen molar-refractivity contribution in [3.63, 3.8) is 0 Å². The normalized spacial score (nSPS) is 10.7. The second-order valence-electron chi connectivity index (χ2n) is 9.23. The topological polar surface area (TPSA) is 93.7 Å². The van der Waals surface area contributed by atoms with E-state index in [-0.39, 0.29) is 18.7 Å². The minimum absolute atomic E-state index is 0.0631. The number of carbonyl (C=O) groups is 3. The summed E-state index contributed by atoms with van der Waals surface area (Å²) in [7, 11) is 0. The van der Waals surface area contributed by atoms with Crippen LogP contribution in [0.2, 0.25) is 0 Å². The monoisotopic (exact) mass is 580 g/mol. The highest BCUT2D eigenvalue weighted by Gasteiger charge is 2.13. The maximum Gasteiger partial charge on any atom is 0.306 e. The molecule has 2 N–H and O–H groups in total. The first-order valence-corrected chi connectivity index (χ1v) is 13.4. The van der Waals surface area contributed by atoms with Gasteiger partial charge in [0.2, 0.25) is 5.91 Å². The van der Waals surface area contributed by atoms with Gasteiger partial charge in [-0.3, -0.25) is 14.4 Å². The minimum atomic E-state index is -0.621. The summed E-state index contributed by atoms with van der Waals surface area (Å²) in [4.78, 5) is 36.5. The zero-order valence-electron chi connectivity index (χ0n) is 22.1. The van der Waals surface area contributed by atoms with E-state index in [1.165, 1.54) is 0 Å². The SMILES string of the molecule is CCc1cc(Br)ccc1NC(=O)COC(=O)CCC(=O)Nc1ccc(Oc2cc(C)ccc2C(C)C)cc1. The van der Waals surface area contributed by atoms with Gasteiger partial charge in [-0.25, -0.2) is 0 Å². The summed E-state index contributed by atoms with van der Waals surface area (Å²) < 4.78 is 12.0. The number of ether oxygens (including phenoxy) is 2. The maximum absolute atomic E-state index is 12.3. The first-order valence-electron chi connectivity index (χ1n) is 12.6. The number of esters is 1. The highest BCUT2D eigenvalue weighted by Crippen LogP contribution is 2.32. The molecule has 3 rings (SSSR count). The molecule has 0 aliphatic heterocycles. The van der Waals surface area contributed by atoms with E-state index in [0.29, 0.717) is 23.0 Å². The maximum atomic E-state index is 12.3. The molecular formula is C30H33BrN2O5. The number of hydrogen-bond acceptors (Lipinski definition) is 5. The van der Waals surface area contributed by atoms with Crippen LogP contribution in [-0.4, -0.2) is 24.4 Å².